The molecule has 0 saturated heterocycles. The topological polar surface area (TPSA) is 47.6 Å². The van der Waals surface area contributed by atoms with Crippen LogP contribution in [-0.2, 0) is 11.2 Å². The van der Waals surface area contributed by atoms with Crippen molar-refractivity contribution < 1.29 is 14.3 Å². The van der Waals surface area contributed by atoms with Crippen LogP contribution in [0.3, 0.4) is 0 Å². The van der Waals surface area contributed by atoms with Crippen LogP contribution in [0.15, 0.2) is 18.2 Å². The summed E-state index contributed by atoms with van der Waals surface area (Å²) in [5.41, 5.74) is 3.26. The number of nitrogens with one attached hydrogen (secondary N) is 1. The van der Waals surface area contributed by atoms with Crippen molar-refractivity contribution in [3.8, 4) is 11.5 Å². The molecule has 0 amide bonds. The number of carbonyl (C=O) groups is 1. The van der Waals surface area contributed by atoms with Gasteiger partial charge in [-0.15, -0.1) is 0 Å². The summed E-state index contributed by atoms with van der Waals surface area (Å²) in [6, 6.07) is 4.11. The summed E-state index contributed by atoms with van der Waals surface area (Å²) in [5.74, 6) is 2.12. The molecule has 0 atom stereocenters. The lowest BCUT2D eigenvalue weighted by Gasteiger charge is -2.25. The Hall–Kier alpha value is -1.97. The molecule has 0 unspecified atom stereocenters. The fraction of sp³-hybridized carbons (Fsp3) is 0.500. The number of hydrogen-bond donors (Lipinski definition) is 1. The summed E-state index contributed by atoms with van der Waals surface area (Å²) in [5, 5.41) is 3.38. The van der Waals surface area contributed by atoms with Crippen LogP contribution in [0.5, 0.6) is 11.5 Å². The Morgan fingerprint density at radius 2 is 1.91 bits per heavy atom. The third-order valence-electron chi connectivity index (χ3n) is 4.77. The normalized spacial score (nSPS) is 22.3. The van der Waals surface area contributed by atoms with Crippen molar-refractivity contribution >= 4 is 11.5 Å². The Morgan fingerprint density at radius 1 is 1.14 bits per heavy atom. The molecule has 0 bridgehead atoms. The minimum absolute atomic E-state index is 0.236. The minimum Gasteiger partial charge on any atom is -0.490 e. The summed E-state index contributed by atoms with van der Waals surface area (Å²) in [4.78, 5) is 12.3. The molecule has 0 radical (unpaired) electrons. The van der Waals surface area contributed by atoms with Gasteiger partial charge in [0, 0.05) is 36.2 Å². The predicted molar refractivity (Wildman–Crippen MR) is 84.1 cm³/mol. The van der Waals surface area contributed by atoms with E-state index in [1.54, 1.807) is 6.08 Å². The highest BCUT2D eigenvalue weighted by Crippen LogP contribution is 2.37. The maximum atomic E-state index is 12.3. The number of carbonyl (C=O) groups excluding carboxylic acids is 1. The van der Waals surface area contributed by atoms with E-state index in [0.29, 0.717) is 13.2 Å². The van der Waals surface area contributed by atoms with Crippen LogP contribution in [0.2, 0.25) is 0 Å². The van der Waals surface area contributed by atoms with E-state index in [9.17, 15) is 4.79 Å². The van der Waals surface area contributed by atoms with Crippen LogP contribution in [0.1, 0.15) is 36.8 Å². The van der Waals surface area contributed by atoms with Crippen LogP contribution in [0.4, 0.5) is 0 Å². The fourth-order valence-electron chi connectivity index (χ4n) is 3.22. The van der Waals surface area contributed by atoms with Gasteiger partial charge in [0.25, 0.3) is 0 Å². The van der Waals surface area contributed by atoms with E-state index in [0.717, 1.165) is 55.0 Å². The molecule has 1 aromatic carbocycles. The van der Waals surface area contributed by atoms with Crippen LogP contribution in [-0.4, -0.2) is 25.5 Å². The highest BCUT2D eigenvalue weighted by atomic mass is 16.5. The Kier molecular flexibility index (Phi) is 3.53. The summed E-state index contributed by atoms with van der Waals surface area (Å²) in [7, 11) is 0. The third-order valence-corrected chi connectivity index (χ3v) is 4.77. The van der Waals surface area contributed by atoms with Gasteiger partial charge in [0.15, 0.2) is 17.3 Å². The Morgan fingerprint density at radius 3 is 2.64 bits per heavy atom. The molecule has 1 N–H and O–H groups in total. The van der Waals surface area contributed by atoms with Gasteiger partial charge in [-0.2, -0.15) is 0 Å². The number of ether oxygens (including phenoxy) is 2. The van der Waals surface area contributed by atoms with Gasteiger partial charge in [-0.1, -0.05) is 6.42 Å². The van der Waals surface area contributed by atoms with E-state index in [2.05, 4.69) is 11.4 Å². The van der Waals surface area contributed by atoms with Crippen molar-refractivity contribution in [2.75, 3.05) is 19.8 Å². The first-order chi connectivity index (χ1) is 10.8. The second kappa shape index (κ2) is 5.67. The van der Waals surface area contributed by atoms with Crippen molar-refractivity contribution in [3.05, 3.63) is 29.3 Å². The molecule has 116 valence electrons. The van der Waals surface area contributed by atoms with E-state index in [1.165, 1.54) is 12.0 Å². The number of rotatable bonds is 2. The molecular weight excluding hydrogens is 278 g/mol. The number of fused-ring (bicyclic) bond motifs is 2. The van der Waals surface area contributed by atoms with Crippen molar-refractivity contribution in [3.63, 3.8) is 0 Å². The highest BCUT2D eigenvalue weighted by molar-refractivity contribution is 5.99. The molecule has 2 aliphatic heterocycles. The molecule has 0 aromatic heterocycles. The van der Waals surface area contributed by atoms with Crippen LogP contribution >= 0.6 is 0 Å². The van der Waals surface area contributed by atoms with E-state index >= 15 is 0 Å². The maximum absolute atomic E-state index is 12.3. The molecule has 4 rings (SSSR count). The van der Waals surface area contributed by atoms with E-state index in [4.69, 9.17) is 9.47 Å². The first-order valence-electron chi connectivity index (χ1n) is 8.23. The van der Waals surface area contributed by atoms with Crippen molar-refractivity contribution in [1.29, 1.82) is 0 Å². The molecule has 1 saturated carbocycles. The minimum atomic E-state index is 0.236. The van der Waals surface area contributed by atoms with Gasteiger partial charge in [0.05, 0.1) is 13.2 Å². The maximum Gasteiger partial charge on any atom is 0.161 e. The van der Waals surface area contributed by atoms with E-state index in [-0.39, 0.29) is 11.7 Å². The monoisotopic (exact) mass is 299 g/mol. The smallest absolute Gasteiger partial charge is 0.161 e. The molecule has 1 fully saturated rings. The zero-order valence-corrected chi connectivity index (χ0v) is 12.7. The van der Waals surface area contributed by atoms with Gasteiger partial charge in [0.2, 0.25) is 0 Å². The lowest BCUT2D eigenvalue weighted by atomic mass is 9.81. The van der Waals surface area contributed by atoms with Gasteiger partial charge in [-0.25, -0.2) is 0 Å². The zero-order valence-electron chi connectivity index (χ0n) is 12.7. The van der Waals surface area contributed by atoms with Gasteiger partial charge in [-0.05, 0) is 37.0 Å². The average molecular weight is 299 g/mol. The largest absolute Gasteiger partial charge is 0.490 e. The number of hydrogen-bond acceptors (Lipinski definition) is 4. The van der Waals surface area contributed by atoms with E-state index in [1.807, 2.05) is 6.07 Å². The number of benzene rings is 1. The molecule has 0 spiro atoms. The van der Waals surface area contributed by atoms with Crippen molar-refractivity contribution in [2.24, 2.45) is 5.92 Å². The molecule has 22 heavy (non-hydrogen) atoms. The average Bonchev–Trinajstić information content (AvgIpc) is 2.68. The van der Waals surface area contributed by atoms with Gasteiger partial charge in [-0.3, -0.25) is 4.79 Å². The van der Waals surface area contributed by atoms with Gasteiger partial charge in [0.1, 0.15) is 0 Å². The summed E-state index contributed by atoms with van der Waals surface area (Å²) in [6.07, 6.45) is 6.91. The lowest BCUT2D eigenvalue weighted by molar-refractivity contribution is -0.120. The fourth-order valence-corrected chi connectivity index (χ4v) is 3.22. The molecule has 4 nitrogen and oxygen atoms in total. The predicted octanol–water partition coefficient (Wildman–Crippen LogP) is 2.70. The second-order valence-corrected chi connectivity index (χ2v) is 6.27. The van der Waals surface area contributed by atoms with Crippen molar-refractivity contribution in [1.82, 2.24) is 5.32 Å². The molecule has 1 aliphatic carbocycles. The van der Waals surface area contributed by atoms with Gasteiger partial charge < -0.3 is 14.8 Å². The molecule has 2 heterocycles. The molecule has 4 heteroatoms. The van der Waals surface area contributed by atoms with Gasteiger partial charge >= 0.3 is 0 Å². The third kappa shape index (κ3) is 2.47. The Labute approximate surface area is 130 Å². The Balaban J connectivity index is 1.69. The standard InChI is InChI=1S/C18H21NO3/c20-16(12-3-1-4-12)11-15-14-10-18-17(21-7-2-8-22-18)9-13(14)5-6-19-15/h9-12,19H,1-8H2/b15-11-. The molecular formula is C18H21NO3. The number of ketones is 1. The quantitative estimate of drug-likeness (QED) is 0.853. The lowest BCUT2D eigenvalue weighted by Crippen LogP contribution is -2.26. The summed E-state index contributed by atoms with van der Waals surface area (Å²) >= 11 is 0. The van der Waals surface area contributed by atoms with E-state index < -0.39 is 0 Å². The van der Waals surface area contributed by atoms with Crippen molar-refractivity contribution in [2.45, 2.75) is 32.1 Å². The van der Waals surface area contributed by atoms with Crippen LogP contribution < -0.4 is 14.8 Å². The summed E-state index contributed by atoms with van der Waals surface area (Å²) < 4.78 is 11.5. The highest BCUT2D eigenvalue weighted by Gasteiger charge is 2.26. The Bertz CT molecular complexity index is 631. The molecule has 1 aromatic rings. The molecule has 3 aliphatic rings. The van der Waals surface area contributed by atoms with Crippen LogP contribution in [0, 0.1) is 5.92 Å². The second-order valence-electron chi connectivity index (χ2n) is 6.27. The number of allylic oxidation sites excluding steroid dienone is 1. The zero-order chi connectivity index (χ0) is 14.9. The first-order valence-corrected chi connectivity index (χ1v) is 8.23. The first kappa shape index (κ1) is 13.7. The SMILES string of the molecule is O=C(/C=C1\NCCc2cc3c(cc21)OCCCO3)C1CCC1. The van der Waals surface area contributed by atoms with Crippen LogP contribution in [0.25, 0.3) is 5.70 Å². The summed E-state index contributed by atoms with van der Waals surface area (Å²) in [6.45, 7) is 2.24.